The SMILES string of the molecule is CN1CCN([C@@H]2CN(C(=O)CCCc3ccccc3)C[C@H]2O)CC1. The van der Waals surface area contributed by atoms with E-state index in [1.165, 1.54) is 5.56 Å². The molecule has 0 radical (unpaired) electrons. The minimum absolute atomic E-state index is 0.108. The summed E-state index contributed by atoms with van der Waals surface area (Å²) in [6.07, 6.45) is 1.96. The first-order valence-corrected chi connectivity index (χ1v) is 9.06. The molecule has 132 valence electrons. The maximum absolute atomic E-state index is 12.4. The first-order chi connectivity index (χ1) is 11.6. The van der Waals surface area contributed by atoms with E-state index in [2.05, 4.69) is 29.0 Å². The van der Waals surface area contributed by atoms with Gasteiger partial charge >= 0.3 is 0 Å². The Balaban J connectivity index is 1.44. The van der Waals surface area contributed by atoms with Gasteiger partial charge in [-0.1, -0.05) is 30.3 Å². The van der Waals surface area contributed by atoms with Gasteiger partial charge in [-0.05, 0) is 25.5 Å². The zero-order chi connectivity index (χ0) is 16.9. The number of aryl methyl sites for hydroxylation is 1. The number of benzene rings is 1. The molecule has 1 aromatic carbocycles. The summed E-state index contributed by atoms with van der Waals surface area (Å²) >= 11 is 0. The molecule has 1 N–H and O–H groups in total. The molecular formula is C19H29N3O2. The molecule has 0 unspecified atom stereocenters. The average molecular weight is 331 g/mol. The predicted octanol–water partition coefficient (Wildman–Crippen LogP) is 0.828. The van der Waals surface area contributed by atoms with Crippen LogP contribution in [0.1, 0.15) is 18.4 Å². The standard InChI is InChI=1S/C19H29N3O2/c1-20-10-12-21(13-11-20)17-14-22(15-18(17)23)19(24)9-5-8-16-6-3-2-4-7-16/h2-4,6-7,17-18,23H,5,8-15H2,1H3/t17-,18-/m1/s1. The van der Waals surface area contributed by atoms with Crippen molar-refractivity contribution >= 4 is 5.91 Å². The van der Waals surface area contributed by atoms with Crippen LogP contribution >= 0.6 is 0 Å². The Bertz CT molecular complexity index is 529. The minimum Gasteiger partial charge on any atom is -0.390 e. The molecule has 2 atom stereocenters. The number of carbonyl (C=O) groups is 1. The molecule has 1 amide bonds. The number of hydrogen-bond acceptors (Lipinski definition) is 4. The van der Waals surface area contributed by atoms with E-state index in [1.54, 1.807) is 0 Å². The van der Waals surface area contributed by atoms with Gasteiger partial charge < -0.3 is 14.9 Å². The molecule has 2 fully saturated rings. The third-order valence-electron chi connectivity index (χ3n) is 5.32. The Kier molecular flexibility index (Phi) is 5.87. The van der Waals surface area contributed by atoms with Crippen LogP contribution in [-0.4, -0.2) is 84.2 Å². The van der Waals surface area contributed by atoms with Crippen LogP contribution in [0.25, 0.3) is 0 Å². The van der Waals surface area contributed by atoms with E-state index in [0.717, 1.165) is 39.0 Å². The molecule has 2 heterocycles. The molecule has 2 saturated heterocycles. The number of nitrogens with zero attached hydrogens (tertiary/aromatic N) is 3. The van der Waals surface area contributed by atoms with Gasteiger partial charge in [-0.25, -0.2) is 0 Å². The molecule has 5 heteroatoms. The number of aliphatic hydroxyl groups excluding tert-OH is 1. The number of likely N-dealkylation sites (N-methyl/N-ethyl adjacent to an activating group) is 1. The van der Waals surface area contributed by atoms with Crippen molar-refractivity contribution in [3.05, 3.63) is 35.9 Å². The smallest absolute Gasteiger partial charge is 0.222 e. The van der Waals surface area contributed by atoms with Crippen molar-refractivity contribution in [1.82, 2.24) is 14.7 Å². The fourth-order valence-electron chi connectivity index (χ4n) is 3.73. The minimum atomic E-state index is -0.411. The van der Waals surface area contributed by atoms with E-state index in [4.69, 9.17) is 0 Å². The van der Waals surface area contributed by atoms with Gasteiger partial charge in [0.25, 0.3) is 0 Å². The molecule has 2 aliphatic rings. The molecule has 0 bridgehead atoms. The van der Waals surface area contributed by atoms with Crippen LogP contribution in [0.15, 0.2) is 30.3 Å². The zero-order valence-corrected chi connectivity index (χ0v) is 14.6. The first-order valence-electron chi connectivity index (χ1n) is 9.06. The summed E-state index contributed by atoms with van der Waals surface area (Å²) in [6, 6.07) is 10.4. The number of hydrogen-bond donors (Lipinski definition) is 1. The van der Waals surface area contributed by atoms with Gasteiger partial charge in [-0.15, -0.1) is 0 Å². The average Bonchev–Trinajstić information content (AvgIpc) is 2.98. The molecule has 2 aliphatic heterocycles. The third kappa shape index (κ3) is 4.35. The lowest BCUT2D eigenvalue weighted by molar-refractivity contribution is -0.130. The van der Waals surface area contributed by atoms with Crippen LogP contribution in [0.2, 0.25) is 0 Å². The van der Waals surface area contributed by atoms with Crippen LogP contribution in [0, 0.1) is 0 Å². The van der Waals surface area contributed by atoms with Gasteiger partial charge in [0.05, 0.1) is 12.1 Å². The van der Waals surface area contributed by atoms with Gasteiger partial charge in [0.1, 0.15) is 0 Å². The van der Waals surface area contributed by atoms with E-state index in [9.17, 15) is 9.90 Å². The number of likely N-dealkylation sites (tertiary alicyclic amines) is 1. The molecule has 24 heavy (non-hydrogen) atoms. The summed E-state index contributed by atoms with van der Waals surface area (Å²) in [7, 11) is 2.13. The van der Waals surface area contributed by atoms with Crippen LogP contribution in [0.4, 0.5) is 0 Å². The zero-order valence-electron chi connectivity index (χ0n) is 14.6. The maximum atomic E-state index is 12.4. The third-order valence-corrected chi connectivity index (χ3v) is 5.32. The molecule has 0 saturated carbocycles. The lowest BCUT2D eigenvalue weighted by Crippen LogP contribution is -2.52. The molecule has 0 aromatic heterocycles. The van der Waals surface area contributed by atoms with Gasteiger partial charge in [-0.3, -0.25) is 9.69 Å². The van der Waals surface area contributed by atoms with Crippen LogP contribution in [0.3, 0.4) is 0 Å². The summed E-state index contributed by atoms with van der Waals surface area (Å²) in [6.45, 7) is 5.20. The Morgan fingerprint density at radius 1 is 1.12 bits per heavy atom. The number of aliphatic hydroxyl groups is 1. The Morgan fingerprint density at radius 3 is 2.54 bits per heavy atom. The summed E-state index contributed by atoms with van der Waals surface area (Å²) in [4.78, 5) is 19.0. The van der Waals surface area contributed by atoms with Crippen molar-refractivity contribution in [2.75, 3.05) is 46.3 Å². The Hall–Kier alpha value is -1.43. The van der Waals surface area contributed by atoms with Crippen molar-refractivity contribution in [2.24, 2.45) is 0 Å². The monoisotopic (exact) mass is 331 g/mol. The van der Waals surface area contributed by atoms with Crippen LogP contribution in [-0.2, 0) is 11.2 Å². The number of amides is 1. The van der Waals surface area contributed by atoms with E-state index < -0.39 is 6.10 Å². The fraction of sp³-hybridized carbons (Fsp3) is 0.632. The second kappa shape index (κ2) is 8.10. The van der Waals surface area contributed by atoms with Gasteiger partial charge in [0.2, 0.25) is 5.91 Å². The topological polar surface area (TPSA) is 47.0 Å². The second-order valence-electron chi connectivity index (χ2n) is 7.11. The number of piperazine rings is 1. The molecule has 0 spiro atoms. The van der Waals surface area contributed by atoms with E-state index in [-0.39, 0.29) is 11.9 Å². The predicted molar refractivity (Wildman–Crippen MR) is 94.8 cm³/mol. The van der Waals surface area contributed by atoms with E-state index in [1.807, 2.05) is 23.1 Å². The van der Waals surface area contributed by atoms with Crippen LogP contribution < -0.4 is 0 Å². The van der Waals surface area contributed by atoms with Crippen LogP contribution in [0.5, 0.6) is 0 Å². The summed E-state index contributed by atoms with van der Waals surface area (Å²) in [5, 5.41) is 10.4. The highest BCUT2D eigenvalue weighted by molar-refractivity contribution is 5.76. The lowest BCUT2D eigenvalue weighted by Gasteiger charge is -2.37. The highest BCUT2D eigenvalue weighted by Gasteiger charge is 2.37. The highest BCUT2D eigenvalue weighted by Crippen LogP contribution is 2.19. The maximum Gasteiger partial charge on any atom is 0.222 e. The van der Waals surface area contributed by atoms with Crippen molar-refractivity contribution in [3.63, 3.8) is 0 Å². The Morgan fingerprint density at radius 2 is 1.83 bits per heavy atom. The summed E-state index contributed by atoms with van der Waals surface area (Å²) in [5.41, 5.74) is 1.28. The molecule has 5 nitrogen and oxygen atoms in total. The molecule has 0 aliphatic carbocycles. The van der Waals surface area contributed by atoms with E-state index >= 15 is 0 Å². The Labute approximate surface area is 144 Å². The van der Waals surface area contributed by atoms with Crippen molar-refractivity contribution in [3.8, 4) is 0 Å². The second-order valence-corrected chi connectivity index (χ2v) is 7.11. The largest absolute Gasteiger partial charge is 0.390 e. The highest BCUT2D eigenvalue weighted by atomic mass is 16.3. The van der Waals surface area contributed by atoms with E-state index in [0.29, 0.717) is 19.5 Å². The molecule has 1 aromatic rings. The summed E-state index contributed by atoms with van der Waals surface area (Å²) in [5.74, 6) is 0.182. The van der Waals surface area contributed by atoms with Crippen molar-refractivity contribution in [1.29, 1.82) is 0 Å². The quantitative estimate of drug-likeness (QED) is 0.868. The summed E-state index contributed by atoms with van der Waals surface area (Å²) < 4.78 is 0. The fourth-order valence-corrected chi connectivity index (χ4v) is 3.73. The molecule has 3 rings (SSSR count). The van der Waals surface area contributed by atoms with Gasteiger partial charge in [0, 0.05) is 45.7 Å². The first kappa shape index (κ1) is 17.4. The number of carbonyl (C=O) groups excluding carboxylic acids is 1. The van der Waals surface area contributed by atoms with Crippen molar-refractivity contribution < 1.29 is 9.90 Å². The number of β-amino-alcohol motifs (C(OH)–C–C–N with tert-alkyl or cyclic N) is 1. The normalized spacial score (nSPS) is 26.0. The number of rotatable bonds is 5. The lowest BCUT2D eigenvalue weighted by atomic mass is 10.1. The molecular weight excluding hydrogens is 302 g/mol. The van der Waals surface area contributed by atoms with Gasteiger partial charge in [-0.2, -0.15) is 0 Å². The van der Waals surface area contributed by atoms with Gasteiger partial charge in [0.15, 0.2) is 0 Å². The van der Waals surface area contributed by atoms with Crippen molar-refractivity contribution in [2.45, 2.75) is 31.4 Å².